The van der Waals surface area contributed by atoms with E-state index in [4.69, 9.17) is 13.7 Å². The summed E-state index contributed by atoms with van der Waals surface area (Å²) in [4.78, 5) is 0. The molecule has 0 fully saturated rings. The maximum absolute atomic E-state index is 11.0. The van der Waals surface area contributed by atoms with Crippen molar-refractivity contribution < 1.29 is 22.1 Å². The summed E-state index contributed by atoms with van der Waals surface area (Å²) in [6, 6.07) is 5.13. The van der Waals surface area contributed by atoms with E-state index in [1.54, 1.807) is 25.1 Å². The Labute approximate surface area is 101 Å². The maximum atomic E-state index is 11.0. The van der Waals surface area contributed by atoms with E-state index in [2.05, 4.69) is 0 Å². The zero-order valence-corrected chi connectivity index (χ0v) is 11.1. The fraction of sp³-hybridized carbons (Fsp3) is 0.455. The summed E-state index contributed by atoms with van der Waals surface area (Å²) in [7, 11) is -0.426. The minimum atomic E-state index is -3.48. The Hall–Kier alpha value is -1.27. The third-order valence-electron chi connectivity index (χ3n) is 2.20. The molecule has 0 saturated heterocycles. The van der Waals surface area contributed by atoms with Gasteiger partial charge in [-0.2, -0.15) is 8.42 Å². The van der Waals surface area contributed by atoms with Crippen LogP contribution in [-0.4, -0.2) is 28.9 Å². The van der Waals surface area contributed by atoms with Crippen molar-refractivity contribution in [3.05, 3.63) is 23.8 Å². The number of ether oxygens (including phenoxy) is 2. The summed E-state index contributed by atoms with van der Waals surface area (Å²) in [5, 5.41) is 0. The van der Waals surface area contributed by atoms with Gasteiger partial charge in [0.2, 0.25) is 0 Å². The summed E-state index contributed by atoms with van der Waals surface area (Å²) in [6.07, 6.45) is 0.453. The SMILES string of the molecule is COc1ccc([C@@H](C)OS(C)(=O)=O)cc1OC. The molecule has 17 heavy (non-hydrogen) atoms. The van der Waals surface area contributed by atoms with Crippen molar-refractivity contribution >= 4 is 10.1 Å². The van der Waals surface area contributed by atoms with Crippen LogP contribution in [-0.2, 0) is 14.3 Å². The van der Waals surface area contributed by atoms with E-state index in [0.717, 1.165) is 6.26 Å². The van der Waals surface area contributed by atoms with E-state index in [1.807, 2.05) is 0 Å². The molecule has 1 aromatic carbocycles. The van der Waals surface area contributed by atoms with Crippen molar-refractivity contribution in [2.45, 2.75) is 13.0 Å². The highest BCUT2D eigenvalue weighted by molar-refractivity contribution is 7.86. The maximum Gasteiger partial charge on any atom is 0.264 e. The highest BCUT2D eigenvalue weighted by atomic mass is 32.2. The van der Waals surface area contributed by atoms with Gasteiger partial charge in [0.15, 0.2) is 11.5 Å². The number of rotatable bonds is 5. The van der Waals surface area contributed by atoms with Gasteiger partial charge in [-0.3, -0.25) is 4.18 Å². The van der Waals surface area contributed by atoms with Crippen LogP contribution in [0.5, 0.6) is 11.5 Å². The van der Waals surface area contributed by atoms with Gasteiger partial charge >= 0.3 is 0 Å². The lowest BCUT2D eigenvalue weighted by molar-refractivity contribution is 0.235. The zero-order chi connectivity index (χ0) is 13.1. The van der Waals surface area contributed by atoms with Crippen molar-refractivity contribution in [1.82, 2.24) is 0 Å². The third-order valence-corrected chi connectivity index (χ3v) is 2.83. The van der Waals surface area contributed by atoms with E-state index in [9.17, 15) is 8.42 Å². The average molecular weight is 260 g/mol. The highest BCUT2D eigenvalue weighted by Crippen LogP contribution is 2.31. The molecule has 96 valence electrons. The average Bonchev–Trinajstić information content (AvgIpc) is 2.25. The molecular weight excluding hydrogens is 244 g/mol. The molecule has 0 bridgehead atoms. The van der Waals surface area contributed by atoms with Crippen LogP contribution in [0.25, 0.3) is 0 Å². The Morgan fingerprint density at radius 1 is 1.12 bits per heavy atom. The number of methoxy groups -OCH3 is 2. The summed E-state index contributed by atoms with van der Waals surface area (Å²) >= 11 is 0. The molecule has 1 rings (SSSR count). The van der Waals surface area contributed by atoms with Gasteiger partial charge in [-0.1, -0.05) is 6.07 Å². The fourth-order valence-electron chi connectivity index (χ4n) is 1.42. The second-order valence-electron chi connectivity index (χ2n) is 3.56. The largest absolute Gasteiger partial charge is 0.493 e. The van der Waals surface area contributed by atoms with Crippen LogP contribution in [0, 0.1) is 0 Å². The lowest BCUT2D eigenvalue weighted by Gasteiger charge is -2.14. The van der Waals surface area contributed by atoms with Crippen LogP contribution in [0.2, 0.25) is 0 Å². The van der Waals surface area contributed by atoms with Gasteiger partial charge in [-0.05, 0) is 24.6 Å². The summed E-state index contributed by atoms with van der Waals surface area (Å²) in [6.45, 7) is 1.66. The van der Waals surface area contributed by atoms with Crippen LogP contribution >= 0.6 is 0 Å². The van der Waals surface area contributed by atoms with Gasteiger partial charge in [0, 0.05) is 0 Å². The predicted octanol–water partition coefficient (Wildman–Crippen LogP) is 1.74. The molecule has 0 amide bonds. The standard InChI is InChI=1S/C11H16O5S/c1-8(16-17(4,12)13)9-5-6-10(14-2)11(7-9)15-3/h5-8H,1-4H3/t8-/m1/s1. The molecule has 0 aliphatic heterocycles. The normalized spacial score (nSPS) is 13.2. The van der Waals surface area contributed by atoms with Gasteiger partial charge < -0.3 is 9.47 Å². The minimum absolute atomic E-state index is 0.536. The van der Waals surface area contributed by atoms with E-state index in [0.29, 0.717) is 17.1 Å². The van der Waals surface area contributed by atoms with E-state index in [-0.39, 0.29) is 0 Å². The quantitative estimate of drug-likeness (QED) is 0.755. The minimum Gasteiger partial charge on any atom is -0.493 e. The Kier molecular flexibility index (Phi) is 4.36. The van der Waals surface area contributed by atoms with Crippen molar-refractivity contribution in [1.29, 1.82) is 0 Å². The molecule has 5 nitrogen and oxygen atoms in total. The first kappa shape index (κ1) is 13.8. The van der Waals surface area contributed by atoms with Crippen molar-refractivity contribution in [3.63, 3.8) is 0 Å². The Bertz CT molecular complexity index is 481. The lowest BCUT2D eigenvalue weighted by atomic mass is 10.1. The Balaban J connectivity index is 2.99. The molecular formula is C11H16O5S. The molecule has 0 aromatic heterocycles. The van der Waals surface area contributed by atoms with Gasteiger partial charge in [0.25, 0.3) is 10.1 Å². The van der Waals surface area contributed by atoms with Gasteiger partial charge in [0.05, 0.1) is 26.6 Å². The molecule has 0 heterocycles. The molecule has 0 aliphatic rings. The second kappa shape index (κ2) is 5.37. The first-order valence-corrected chi connectivity index (χ1v) is 6.79. The molecule has 1 aromatic rings. The molecule has 0 N–H and O–H groups in total. The molecule has 1 atom stereocenters. The molecule has 0 unspecified atom stereocenters. The monoisotopic (exact) mass is 260 g/mol. The van der Waals surface area contributed by atoms with Gasteiger partial charge in [-0.25, -0.2) is 0 Å². The van der Waals surface area contributed by atoms with Crippen molar-refractivity contribution in [2.75, 3.05) is 20.5 Å². The number of hydrogen-bond donors (Lipinski definition) is 0. The lowest BCUT2D eigenvalue weighted by Crippen LogP contribution is -2.07. The van der Waals surface area contributed by atoms with Crippen LogP contribution in [0.3, 0.4) is 0 Å². The Morgan fingerprint density at radius 2 is 1.71 bits per heavy atom. The molecule has 0 saturated carbocycles. The first-order valence-electron chi connectivity index (χ1n) is 4.97. The smallest absolute Gasteiger partial charge is 0.264 e. The van der Waals surface area contributed by atoms with E-state index in [1.165, 1.54) is 14.2 Å². The summed E-state index contributed by atoms with van der Waals surface area (Å²) in [5.74, 6) is 1.12. The molecule has 6 heteroatoms. The number of hydrogen-bond acceptors (Lipinski definition) is 5. The van der Waals surface area contributed by atoms with Crippen molar-refractivity contribution in [3.8, 4) is 11.5 Å². The van der Waals surface area contributed by atoms with E-state index < -0.39 is 16.2 Å². The highest BCUT2D eigenvalue weighted by Gasteiger charge is 2.14. The molecule has 0 aliphatic carbocycles. The van der Waals surface area contributed by atoms with Crippen LogP contribution < -0.4 is 9.47 Å². The predicted molar refractivity (Wildman–Crippen MR) is 63.9 cm³/mol. The topological polar surface area (TPSA) is 61.8 Å². The Morgan fingerprint density at radius 3 is 2.18 bits per heavy atom. The number of benzene rings is 1. The zero-order valence-electron chi connectivity index (χ0n) is 10.3. The second-order valence-corrected chi connectivity index (χ2v) is 5.16. The molecule has 0 spiro atoms. The summed E-state index contributed by atoms with van der Waals surface area (Å²) < 4.78 is 37.1. The molecule has 0 radical (unpaired) electrons. The summed E-state index contributed by atoms with van der Waals surface area (Å²) in [5.41, 5.74) is 0.702. The third kappa shape index (κ3) is 3.90. The van der Waals surface area contributed by atoms with E-state index >= 15 is 0 Å². The van der Waals surface area contributed by atoms with Crippen LogP contribution in [0.15, 0.2) is 18.2 Å². The van der Waals surface area contributed by atoms with Crippen LogP contribution in [0.1, 0.15) is 18.6 Å². The van der Waals surface area contributed by atoms with Gasteiger partial charge in [-0.15, -0.1) is 0 Å². The van der Waals surface area contributed by atoms with Gasteiger partial charge in [0.1, 0.15) is 0 Å². The first-order chi connectivity index (χ1) is 7.87. The van der Waals surface area contributed by atoms with Crippen molar-refractivity contribution in [2.24, 2.45) is 0 Å². The fourth-order valence-corrected chi connectivity index (χ4v) is 2.06. The van der Waals surface area contributed by atoms with Crippen LogP contribution in [0.4, 0.5) is 0 Å².